The van der Waals surface area contributed by atoms with Gasteiger partial charge in [-0.2, -0.15) is 0 Å². The number of ether oxygens (including phenoxy) is 1. The van der Waals surface area contributed by atoms with Gasteiger partial charge in [0.25, 0.3) is 5.56 Å². The molecule has 5 rings (SSSR count). The number of aromatic nitrogens is 2. The summed E-state index contributed by atoms with van der Waals surface area (Å²) in [5, 5.41) is 0. The Kier molecular flexibility index (Phi) is 4.31. The molecule has 5 heteroatoms. The first kappa shape index (κ1) is 17.9. The first-order chi connectivity index (χ1) is 13.6. The van der Waals surface area contributed by atoms with Gasteiger partial charge in [0, 0.05) is 42.7 Å². The fraction of sp³-hybridized carbons (Fsp3) is 0.565. The van der Waals surface area contributed by atoms with E-state index in [1.165, 1.54) is 25.7 Å². The molecule has 1 spiro atoms. The zero-order chi connectivity index (χ0) is 19.3. The third-order valence-electron chi connectivity index (χ3n) is 7.11. The summed E-state index contributed by atoms with van der Waals surface area (Å²) in [6.07, 6.45) is 7.90. The second-order valence-corrected chi connectivity index (χ2v) is 9.01. The highest BCUT2D eigenvalue weighted by molar-refractivity contribution is 5.23. The summed E-state index contributed by atoms with van der Waals surface area (Å²) >= 11 is 0. The van der Waals surface area contributed by atoms with Crippen molar-refractivity contribution in [2.45, 2.75) is 64.0 Å². The molecule has 3 aliphatic rings. The van der Waals surface area contributed by atoms with E-state index in [2.05, 4.69) is 20.9 Å². The van der Waals surface area contributed by atoms with Gasteiger partial charge in [0.15, 0.2) is 0 Å². The second kappa shape index (κ2) is 6.73. The molecule has 0 amide bonds. The molecule has 0 bridgehead atoms. The summed E-state index contributed by atoms with van der Waals surface area (Å²) in [6.45, 7) is 6.09. The van der Waals surface area contributed by atoms with Crippen LogP contribution in [0.15, 0.2) is 35.3 Å². The van der Waals surface area contributed by atoms with E-state index >= 15 is 0 Å². The van der Waals surface area contributed by atoms with Crippen molar-refractivity contribution >= 4 is 0 Å². The average Bonchev–Trinajstić information content (AvgIpc) is 3.16. The normalized spacial score (nSPS) is 29.8. The van der Waals surface area contributed by atoms with Crippen LogP contribution in [0.1, 0.15) is 55.3 Å². The monoisotopic (exact) mass is 379 g/mol. The molecule has 3 fully saturated rings. The highest BCUT2D eigenvalue weighted by Gasteiger charge is 2.61. The number of nitrogens with one attached hydrogen (secondary N) is 1. The second-order valence-electron chi connectivity index (χ2n) is 9.01. The number of pyridine rings is 2. The van der Waals surface area contributed by atoms with Crippen LogP contribution in [0.4, 0.5) is 0 Å². The van der Waals surface area contributed by atoms with Crippen LogP contribution in [0.25, 0.3) is 0 Å². The van der Waals surface area contributed by atoms with Crippen LogP contribution in [-0.2, 0) is 6.42 Å². The SMILES string of the molecule is CCc1ccc([C@@H]2CCC3(CC3N3CC(Oc4ccc(C)cn4)C3)C2)[nH]c1=O. The first-order valence-electron chi connectivity index (χ1n) is 10.6. The quantitative estimate of drug-likeness (QED) is 0.865. The van der Waals surface area contributed by atoms with Gasteiger partial charge < -0.3 is 9.72 Å². The summed E-state index contributed by atoms with van der Waals surface area (Å²) < 4.78 is 6.00. The van der Waals surface area contributed by atoms with Gasteiger partial charge in [-0.15, -0.1) is 0 Å². The molecule has 3 heterocycles. The van der Waals surface area contributed by atoms with E-state index < -0.39 is 0 Å². The first-order valence-corrected chi connectivity index (χ1v) is 10.6. The number of hydrogen-bond acceptors (Lipinski definition) is 4. The largest absolute Gasteiger partial charge is 0.472 e. The van der Waals surface area contributed by atoms with Crippen molar-refractivity contribution < 1.29 is 4.74 Å². The van der Waals surface area contributed by atoms with Crippen molar-refractivity contribution in [1.29, 1.82) is 0 Å². The molecule has 2 aromatic heterocycles. The molecule has 2 saturated carbocycles. The maximum absolute atomic E-state index is 12.2. The Bertz CT molecular complexity index is 916. The van der Waals surface area contributed by atoms with E-state index in [1.54, 1.807) is 0 Å². The lowest BCUT2D eigenvalue weighted by Gasteiger charge is -2.40. The third-order valence-corrected chi connectivity index (χ3v) is 7.11. The smallest absolute Gasteiger partial charge is 0.251 e. The summed E-state index contributed by atoms with van der Waals surface area (Å²) in [6, 6.07) is 8.86. The minimum absolute atomic E-state index is 0.0979. The minimum atomic E-state index is 0.0979. The lowest BCUT2D eigenvalue weighted by atomic mass is 9.97. The number of likely N-dealkylation sites (tertiary alicyclic amines) is 1. The Balaban J connectivity index is 1.15. The molecule has 0 radical (unpaired) electrons. The molecule has 1 aliphatic heterocycles. The Morgan fingerprint density at radius 1 is 1.25 bits per heavy atom. The fourth-order valence-electron chi connectivity index (χ4n) is 5.28. The van der Waals surface area contributed by atoms with Crippen LogP contribution < -0.4 is 10.3 Å². The predicted octanol–water partition coefficient (Wildman–Crippen LogP) is 3.43. The van der Waals surface area contributed by atoms with Gasteiger partial charge in [0.05, 0.1) is 0 Å². The molecule has 1 saturated heterocycles. The topological polar surface area (TPSA) is 58.2 Å². The highest BCUT2D eigenvalue weighted by Crippen LogP contribution is 2.64. The zero-order valence-corrected chi connectivity index (χ0v) is 16.8. The number of hydrogen-bond donors (Lipinski definition) is 1. The summed E-state index contributed by atoms with van der Waals surface area (Å²) in [5.41, 5.74) is 3.75. The van der Waals surface area contributed by atoms with Crippen molar-refractivity contribution in [3.8, 4) is 5.88 Å². The summed E-state index contributed by atoms with van der Waals surface area (Å²) in [7, 11) is 0. The van der Waals surface area contributed by atoms with E-state index in [0.29, 0.717) is 17.4 Å². The van der Waals surface area contributed by atoms with Crippen molar-refractivity contribution in [1.82, 2.24) is 14.9 Å². The van der Waals surface area contributed by atoms with Crippen molar-refractivity contribution in [2.75, 3.05) is 13.1 Å². The maximum atomic E-state index is 12.2. The molecule has 5 nitrogen and oxygen atoms in total. The van der Waals surface area contributed by atoms with E-state index in [0.717, 1.165) is 42.2 Å². The minimum Gasteiger partial charge on any atom is -0.472 e. The predicted molar refractivity (Wildman–Crippen MR) is 109 cm³/mol. The Hall–Kier alpha value is -2.14. The molecule has 148 valence electrons. The molecule has 1 N–H and O–H groups in total. The molecular formula is C23H29N3O2. The van der Waals surface area contributed by atoms with E-state index in [-0.39, 0.29) is 11.7 Å². The van der Waals surface area contributed by atoms with Crippen LogP contribution in [0.3, 0.4) is 0 Å². The molecule has 0 aromatic carbocycles. The number of H-pyrrole nitrogens is 1. The third kappa shape index (κ3) is 3.16. The van der Waals surface area contributed by atoms with Gasteiger partial charge in [-0.25, -0.2) is 4.98 Å². The van der Waals surface area contributed by atoms with Crippen LogP contribution in [0.2, 0.25) is 0 Å². The number of aryl methyl sites for hydroxylation is 2. The molecule has 3 atom stereocenters. The Morgan fingerprint density at radius 3 is 2.82 bits per heavy atom. The number of aromatic amines is 1. The van der Waals surface area contributed by atoms with Crippen LogP contribution >= 0.6 is 0 Å². The molecular weight excluding hydrogens is 350 g/mol. The van der Waals surface area contributed by atoms with Crippen molar-refractivity contribution in [3.05, 3.63) is 57.6 Å². The molecule has 28 heavy (non-hydrogen) atoms. The van der Waals surface area contributed by atoms with Crippen LogP contribution in [-0.4, -0.2) is 40.1 Å². The van der Waals surface area contributed by atoms with Crippen LogP contribution in [0.5, 0.6) is 5.88 Å². The number of nitrogens with zero attached hydrogens (tertiary/aromatic N) is 2. The summed E-state index contributed by atoms with van der Waals surface area (Å²) in [4.78, 5) is 22.2. The summed E-state index contributed by atoms with van der Waals surface area (Å²) in [5.74, 6) is 1.25. The highest BCUT2D eigenvalue weighted by atomic mass is 16.5. The van der Waals surface area contributed by atoms with Crippen LogP contribution in [0, 0.1) is 12.3 Å². The maximum Gasteiger partial charge on any atom is 0.251 e. The van der Waals surface area contributed by atoms with E-state index in [1.807, 2.05) is 38.2 Å². The lowest BCUT2D eigenvalue weighted by molar-refractivity contribution is 0.00295. The molecule has 2 aromatic rings. The van der Waals surface area contributed by atoms with E-state index in [9.17, 15) is 4.79 Å². The number of rotatable bonds is 5. The lowest BCUT2D eigenvalue weighted by Crippen LogP contribution is -2.55. The fourth-order valence-corrected chi connectivity index (χ4v) is 5.28. The van der Waals surface area contributed by atoms with Gasteiger partial charge >= 0.3 is 0 Å². The van der Waals surface area contributed by atoms with Gasteiger partial charge in [-0.3, -0.25) is 9.69 Å². The molecule has 2 unspecified atom stereocenters. The Labute approximate surface area is 166 Å². The van der Waals surface area contributed by atoms with E-state index in [4.69, 9.17) is 4.74 Å². The molecule has 2 aliphatic carbocycles. The van der Waals surface area contributed by atoms with Gasteiger partial charge in [-0.1, -0.05) is 19.1 Å². The van der Waals surface area contributed by atoms with Gasteiger partial charge in [0.2, 0.25) is 5.88 Å². The van der Waals surface area contributed by atoms with Gasteiger partial charge in [0.1, 0.15) is 6.10 Å². The van der Waals surface area contributed by atoms with Crippen molar-refractivity contribution in [2.24, 2.45) is 5.41 Å². The van der Waals surface area contributed by atoms with Crippen molar-refractivity contribution in [3.63, 3.8) is 0 Å². The average molecular weight is 380 g/mol. The zero-order valence-electron chi connectivity index (χ0n) is 16.8. The Morgan fingerprint density at radius 2 is 2.11 bits per heavy atom. The standard InChI is InChI=1S/C23H29N3O2/c1-3-16-5-6-19(25-22(16)27)17-8-9-23(10-17)11-20(23)26-13-18(14-26)28-21-7-4-15(2)12-24-21/h4-7,12,17-18,20H,3,8-11,13-14H2,1-2H3,(H,25,27)/t17-,20?,23?/m1/s1. The van der Waals surface area contributed by atoms with Gasteiger partial charge in [-0.05, 0) is 62.0 Å².